The van der Waals surface area contributed by atoms with E-state index in [9.17, 15) is 0 Å². The predicted molar refractivity (Wildman–Crippen MR) is 120 cm³/mol. The molecule has 1 saturated heterocycles. The van der Waals surface area contributed by atoms with Crippen molar-refractivity contribution < 1.29 is 4.74 Å². The highest BCUT2D eigenvalue weighted by Crippen LogP contribution is 2.29. The van der Waals surface area contributed by atoms with Crippen LogP contribution in [0.3, 0.4) is 0 Å². The first-order valence-electron chi connectivity index (χ1n) is 9.80. The lowest BCUT2D eigenvalue weighted by Crippen LogP contribution is -2.31. The largest absolute Gasteiger partial charge is 0.374 e. The summed E-state index contributed by atoms with van der Waals surface area (Å²) >= 11 is 0. The van der Waals surface area contributed by atoms with Crippen molar-refractivity contribution in [3.63, 3.8) is 0 Å². The summed E-state index contributed by atoms with van der Waals surface area (Å²) in [7, 11) is 1.74. The topological polar surface area (TPSA) is 9.23 Å². The van der Waals surface area contributed by atoms with Gasteiger partial charge < -0.3 is 4.74 Å². The number of rotatable bonds is 6. The van der Waals surface area contributed by atoms with Crippen molar-refractivity contribution in [1.29, 1.82) is 0 Å². The molecule has 0 saturated carbocycles. The standard InChI is InChI=1S/C23H32OP2/c1-16-8-5-9-17(2)22(16)25-14-20-12-7-13-21(24-20)15-26-23-18(3)10-6-11-19(23)4/h5-6,8-11,20-21,25-26H,7,12-15H2,1-4H3. The van der Waals surface area contributed by atoms with Gasteiger partial charge in [-0.15, -0.1) is 0 Å². The molecule has 1 aliphatic rings. The van der Waals surface area contributed by atoms with Crippen LogP contribution in [0, 0.1) is 27.7 Å². The zero-order valence-electron chi connectivity index (χ0n) is 16.6. The van der Waals surface area contributed by atoms with Gasteiger partial charge in [0.15, 0.2) is 0 Å². The fourth-order valence-electron chi connectivity index (χ4n) is 3.90. The highest BCUT2D eigenvalue weighted by Gasteiger charge is 2.23. The van der Waals surface area contributed by atoms with Crippen LogP contribution in [0.25, 0.3) is 0 Å². The molecule has 26 heavy (non-hydrogen) atoms. The van der Waals surface area contributed by atoms with Gasteiger partial charge in [0.05, 0.1) is 12.2 Å². The third kappa shape index (κ3) is 5.16. The average molecular weight is 386 g/mol. The lowest BCUT2D eigenvalue weighted by molar-refractivity contribution is -0.0245. The molecule has 1 fully saturated rings. The van der Waals surface area contributed by atoms with E-state index in [4.69, 9.17) is 4.74 Å². The van der Waals surface area contributed by atoms with Crippen LogP contribution in [0.1, 0.15) is 41.5 Å². The van der Waals surface area contributed by atoms with Gasteiger partial charge in [-0.2, -0.15) is 0 Å². The summed E-state index contributed by atoms with van der Waals surface area (Å²) in [5.41, 5.74) is 5.75. The van der Waals surface area contributed by atoms with Crippen LogP contribution in [0.4, 0.5) is 0 Å². The summed E-state index contributed by atoms with van der Waals surface area (Å²) < 4.78 is 6.50. The highest BCUT2D eigenvalue weighted by atomic mass is 31.1. The summed E-state index contributed by atoms with van der Waals surface area (Å²) in [5.74, 6) is 0. The molecule has 1 heterocycles. The molecule has 4 atom stereocenters. The highest BCUT2D eigenvalue weighted by molar-refractivity contribution is 7.47. The van der Waals surface area contributed by atoms with E-state index in [0.717, 1.165) is 17.2 Å². The van der Waals surface area contributed by atoms with E-state index >= 15 is 0 Å². The Morgan fingerprint density at radius 1 is 0.731 bits per heavy atom. The van der Waals surface area contributed by atoms with E-state index in [1.165, 1.54) is 53.8 Å². The number of hydrogen-bond donors (Lipinski definition) is 0. The Balaban J connectivity index is 1.53. The first-order chi connectivity index (χ1) is 12.5. The van der Waals surface area contributed by atoms with Crippen LogP contribution in [-0.4, -0.2) is 24.5 Å². The van der Waals surface area contributed by atoms with Crippen LogP contribution in [0.15, 0.2) is 36.4 Å². The van der Waals surface area contributed by atoms with Crippen LogP contribution in [0.5, 0.6) is 0 Å². The lowest BCUT2D eigenvalue weighted by Gasteiger charge is -2.30. The van der Waals surface area contributed by atoms with E-state index in [-0.39, 0.29) is 0 Å². The smallest absolute Gasteiger partial charge is 0.0618 e. The summed E-state index contributed by atoms with van der Waals surface area (Å²) in [5, 5.41) is 3.10. The van der Waals surface area contributed by atoms with E-state index in [1.54, 1.807) is 10.6 Å². The van der Waals surface area contributed by atoms with E-state index < -0.39 is 0 Å². The molecule has 1 aliphatic heterocycles. The minimum atomic E-state index is 0.453. The van der Waals surface area contributed by atoms with Crippen LogP contribution in [0.2, 0.25) is 0 Å². The molecule has 4 unspecified atom stereocenters. The summed E-state index contributed by atoms with van der Waals surface area (Å²) in [6.07, 6.45) is 7.08. The third-order valence-electron chi connectivity index (χ3n) is 5.41. The second kappa shape index (κ2) is 9.45. The molecule has 2 aromatic carbocycles. The minimum absolute atomic E-state index is 0.453. The Labute approximate surface area is 162 Å². The molecule has 3 heteroatoms. The first kappa shape index (κ1) is 20.0. The molecule has 2 aromatic rings. The number of benzene rings is 2. The van der Waals surface area contributed by atoms with Crippen molar-refractivity contribution >= 4 is 27.8 Å². The monoisotopic (exact) mass is 386 g/mol. The van der Waals surface area contributed by atoms with Gasteiger partial charge in [-0.3, -0.25) is 0 Å². The molecular weight excluding hydrogens is 354 g/mol. The Morgan fingerprint density at radius 3 is 1.50 bits per heavy atom. The Morgan fingerprint density at radius 2 is 1.12 bits per heavy atom. The third-order valence-corrected chi connectivity index (χ3v) is 9.02. The minimum Gasteiger partial charge on any atom is -0.374 e. The molecule has 0 aliphatic carbocycles. The summed E-state index contributed by atoms with van der Waals surface area (Å²) in [6, 6.07) is 13.3. The fraction of sp³-hybridized carbons (Fsp3) is 0.478. The number of aryl methyl sites for hydroxylation is 4. The van der Waals surface area contributed by atoms with Gasteiger partial charge in [-0.25, -0.2) is 0 Å². The van der Waals surface area contributed by atoms with Gasteiger partial charge in [-0.05, 0) is 92.1 Å². The molecule has 3 rings (SSSR count). The van der Waals surface area contributed by atoms with E-state index in [0.29, 0.717) is 12.2 Å². The van der Waals surface area contributed by atoms with E-state index in [2.05, 4.69) is 64.1 Å². The van der Waals surface area contributed by atoms with Crippen LogP contribution < -0.4 is 10.6 Å². The molecule has 0 N–H and O–H groups in total. The van der Waals surface area contributed by atoms with Crippen molar-refractivity contribution in [3.05, 3.63) is 58.7 Å². The Bertz CT molecular complexity index is 639. The van der Waals surface area contributed by atoms with Gasteiger partial charge in [0.1, 0.15) is 0 Å². The maximum absolute atomic E-state index is 6.50. The molecule has 0 bridgehead atoms. The van der Waals surface area contributed by atoms with Crippen molar-refractivity contribution in [3.8, 4) is 0 Å². The molecular formula is C23H32OP2. The van der Waals surface area contributed by atoms with Crippen LogP contribution >= 0.6 is 17.2 Å². The summed E-state index contributed by atoms with van der Waals surface area (Å²) in [6.45, 7) is 8.97. The molecule has 0 amide bonds. The van der Waals surface area contributed by atoms with Gasteiger partial charge in [0, 0.05) is 0 Å². The van der Waals surface area contributed by atoms with Crippen molar-refractivity contribution in [2.45, 2.75) is 59.2 Å². The fourth-order valence-corrected chi connectivity index (χ4v) is 6.81. The molecule has 1 nitrogen and oxygen atoms in total. The normalized spacial score (nSPS) is 21.2. The zero-order chi connectivity index (χ0) is 18.5. The van der Waals surface area contributed by atoms with Gasteiger partial charge in [0.2, 0.25) is 0 Å². The molecule has 140 valence electrons. The Kier molecular flexibility index (Phi) is 7.27. The zero-order valence-corrected chi connectivity index (χ0v) is 18.6. The van der Waals surface area contributed by atoms with E-state index in [1.807, 2.05) is 0 Å². The van der Waals surface area contributed by atoms with Crippen molar-refractivity contribution in [1.82, 2.24) is 0 Å². The van der Waals surface area contributed by atoms with Gasteiger partial charge >= 0.3 is 0 Å². The van der Waals surface area contributed by atoms with Crippen molar-refractivity contribution in [2.24, 2.45) is 0 Å². The van der Waals surface area contributed by atoms with Gasteiger partial charge in [-0.1, -0.05) is 53.6 Å². The SMILES string of the molecule is Cc1cccc(C)c1PCC1CCCC(CPc2c(C)cccc2C)O1. The molecule has 0 aromatic heterocycles. The lowest BCUT2D eigenvalue weighted by atomic mass is 10.1. The number of hydrogen-bond acceptors (Lipinski definition) is 1. The predicted octanol–water partition coefficient (Wildman–Crippen LogP) is 5.17. The number of ether oxygens (including phenoxy) is 1. The second-order valence-corrected chi connectivity index (χ2v) is 10.1. The quantitative estimate of drug-likeness (QED) is 0.623. The Hall–Kier alpha value is -0.740. The maximum atomic E-state index is 6.50. The van der Waals surface area contributed by atoms with Gasteiger partial charge in [0.25, 0.3) is 0 Å². The summed E-state index contributed by atoms with van der Waals surface area (Å²) in [4.78, 5) is 0. The van der Waals surface area contributed by atoms with Crippen LogP contribution in [-0.2, 0) is 4.74 Å². The molecule has 0 radical (unpaired) electrons. The first-order valence-corrected chi connectivity index (χ1v) is 12.2. The second-order valence-electron chi connectivity index (χ2n) is 7.61. The maximum Gasteiger partial charge on any atom is 0.0618 e. The van der Waals surface area contributed by atoms with Crippen molar-refractivity contribution in [2.75, 3.05) is 12.3 Å². The average Bonchev–Trinajstić information content (AvgIpc) is 2.61. The molecule has 0 spiro atoms.